The average Bonchev–Trinajstić information content (AvgIpc) is 2.36. The molecular formula is C15H10F6O. The second-order valence-electron chi connectivity index (χ2n) is 4.71. The predicted octanol–water partition coefficient (Wildman–Crippen LogP) is 5.02. The summed E-state index contributed by atoms with van der Waals surface area (Å²) >= 11 is 0. The van der Waals surface area contributed by atoms with E-state index in [0.29, 0.717) is 11.6 Å². The van der Waals surface area contributed by atoms with Crippen LogP contribution in [-0.4, -0.2) is 5.11 Å². The zero-order valence-corrected chi connectivity index (χ0v) is 11.0. The minimum absolute atomic E-state index is 0.109. The molecule has 0 atom stereocenters. The van der Waals surface area contributed by atoms with Crippen LogP contribution in [0.5, 0.6) is 5.75 Å². The van der Waals surface area contributed by atoms with E-state index >= 15 is 0 Å². The number of hydrogen-bond acceptors (Lipinski definition) is 1. The lowest BCUT2D eigenvalue weighted by molar-refractivity contribution is -0.143. The molecule has 2 rings (SSSR count). The molecule has 0 saturated carbocycles. The van der Waals surface area contributed by atoms with Crippen molar-refractivity contribution in [2.45, 2.75) is 18.8 Å². The second-order valence-corrected chi connectivity index (χ2v) is 4.71. The van der Waals surface area contributed by atoms with Crippen molar-refractivity contribution in [2.24, 2.45) is 0 Å². The maximum absolute atomic E-state index is 13.0. The van der Waals surface area contributed by atoms with Gasteiger partial charge in [0.25, 0.3) is 0 Å². The van der Waals surface area contributed by atoms with E-state index in [-0.39, 0.29) is 23.8 Å². The highest BCUT2D eigenvalue weighted by Crippen LogP contribution is 2.38. The molecule has 1 nitrogen and oxygen atoms in total. The Morgan fingerprint density at radius 3 is 2.05 bits per heavy atom. The molecule has 2 aromatic rings. The average molecular weight is 320 g/mol. The van der Waals surface area contributed by atoms with Gasteiger partial charge in [-0.05, 0) is 41.8 Å². The fraction of sp³-hybridized carbons (Fsp3) is 0.200. The molecular weight excluding hydrogens is 310 g/mol. The van der Waals surface area contributed by atoms with Crippen LogP contribution in [0.1, 0.15) is 22.3 Å². The fourth-order valence-electron chi connectivity index (χ4n) is 2.06. The summed E-state index contributed by atoms with van der Waals surface area (Å²) in [4.78, 5) is 0. The number of halogens is 6. The van der Waals surface area contributed by atoms with Crippen LogP contribution in [0.15, 0.2) is 42.5 Å². The van der Waals surface area contributed by atoms with Crippen LogP contribution in [0.25, 0.3) is 0 Å². The first-order chi connectivity index (χ1) is 10.1. The number of hydrogen-bond donors (Lipinski definition) is 1. The topological polar surface area (TPSA) is 20.2 Å². The molecule has 0 radical (unpaired) electrons. The first-order valence-electron chi connectivity index (χ1n) is 6.12. The standard InChI is InChI=1S/C15H10F6O/c16-14(17,18)11-5-4-10(13(8-11)15(19,20)21)6-9-2-1-3-12(22)7-9/h1-5,7-8,22H,6H2. The van der Waals surface area contributed by atoms with Gasteiger partial charge in [0, 0.05) is 0 Å². The summed E-state index contributed by atoms with van der Waals surface area (Å²) in [6.07, 6.45) is -9.97. The third kappa shape index (κ3) is 3.72. The highest BCUT2D eigenvalue weighted by molar-refractivity contribution is 5.40. The highest BCUT2D eigenvalue weighted by Gasteiger charge is 2.37. The Hall–Kier alpha value is -2.18. The van der Waals surface area contributed by atoms with Gasteiger partial charge < -0.3 is 5.11 Å². The zero-order chi connectivity index (χ0) is 16.5. The number of phenols is 1. The summed E-state index contributed by atoms with van der Waals surface area (Å²) in [5.41, 5.74) is -2.60. The van der Waals surface area contributed by atoms with Crippen molar-refractivity contribution < 1.29 is 31.4 Å². The molecule has 0 unspecified atom stereocenters. The third-order valence-corrected chi connectivity index (χ3v) is 3.05. The number of alkyl halides is 6. The molecule has 0 heterocycles. The summed E-state index contributed by atoms with van der Waals surface area (Å²) in [6.45, 7) is 0. The minimum atomic E-state index is -4.90. The van der Waals surface area contributed by atoms with E-state index in [9.17, 15) is 31.4 Å². The molecule has 7 heteroatoms. The zero-order valence-electron chi connectivity index (χ0n) is 11.0. The SMILES string of the molecule is Oc1cccc(Cc2ccc(C(F)(F)F)cc2C(F)(F)F)c1. The monoisotopic (exact) mass is 320 g/mol. The number of benzene rings is 2. The molecule has 22 heavy (non-hydrogen) atoms. The molecule has 0 aliphatic carbocycles. The van der Waals surface area contributed by atoms with E-state index in [1.165, 1.54) is 24.3 Å². The van der Waals surface area contributed by atoms with Crippen molar-refractivity contribution >= 4 is 0 Å². The summed E-state index contributed by atoms with van der Waals surface area (Å²) in [6, 6.07) is 7.08. The molecule has 118 valence electrons. The smallest absolute Gasteiger partial charge is 0.416 e. The Kier molecular flexibility index (Phi) is 4.08. The van der Waals surface area contributed by atoms with Crippen LogP contribution in [0.2, 0.25) is 0 Å². The van der Waals surface area contributed by atoms with Gasteiger partial charge >= 0.3 is 12.4 Å². The maximum atomic E-state index is 13.0. The Bertz CT molecular complexity index is 672. The highest BCUT2D eigenvalue weighted by atomic mass is 19.4. The van der Waals surface area contributed by atoms with Gasteiger partial charge in [-0.1, -0.05) is 18.2 Å². The van der Waals surface area contributed by atoms with Crippen LogP contribution in [0.4, 0.5) is 26.3 Å². The maximum Gasteiger partial charge on any atom is 0.416 e. The molecule has 0 aliphatic rings. The quantitative estimate of drug-likeness (QED) is 0.770. The normalized spacial score (nSPS) is 12.5. The Morgan fingerprint density at radius 1 is 0.818 bits per heavy atom. The largest absolute Gasteiger partial charge is 0.508 e. The molecule has 0 spiro atoms. The number of phenolic OH excluding ortho intramolecular Hbond substituents is 1. The Labute approximate surface area is 121 Å². The van der Waals surface area contributed by atoms with Crippen LogP contribution in [0.3, 0.4) is 0 Å². The lowest BCUT2D eigenvalue weighted by atomic mass is 9.97. The van der Waals surface area contributed by atoms with E-state index in [4.69, 9.17) is 0 Å². The predicted molar refractivity (Wildman–Crippen MR) is 67.4 cm³/mol. The van der Waals surface area contributed by atoms with Crippen molar-refractivity contribution in [3.63, 3.8) is 0 Å². The molecule has 0 amide bonds. The molecule has 0 bridgehead atoms. The third-order valence-electron chi connectivity index (χ3n) is 3.05. The molecule has 0 fully saturated rings. The van der Waals surface area contributed by atoms with Gasteiger partial charge in [0.05, 0.1) is 11.1 Å². The van der Waals surface area contributed by atoms with Gasteiger partial charge in [-0.3, -0.25) is 0 Å². The van der Waals surface area contributed by atoms with Gasteiger partial charge in [0.1, 0.15) is 5.75 Å². The van der Waals surface area contributed by atoms with Crippen molar-refractivity contribution in [1.82, 2.24) is 0 Å². The van der Waals surface area contributed by atoms with Gasteiger partial charge in [-0.2, -0.15) is 26.3 Å². The van der Waals surface area contributed by atoms with Crippen molar-refractivity contribution in [3.8, 4) is 5.75 Å². The van der Waals surface area contributed by atoms with E-state index in [0.717, 1.165) is 6.07 Å². The lowest BCUT2D eigenvalue weighted by Crippen LogP contribution is -2.13. The molecule has 1 N–H and O–H groups in total. The van der Waals surface area contributed by atoms with E-state index in [1.807, 2.05) is 0 Å². The summed E-state index contributed by atoms with van der Waals surface area (Å²) in [7, 11) is 0. The van der Waals surface area contributed by atoms with Crippen molar-refractivity contribution in [2.75, 3.05) is 0 Å². The van der Waals surface area contributed by atoms with Crippen LogP contribution in [-0.2, 0) is 18.8 Å². The molecule has 2 aromatic carbocycles. The summed E-state index contributed by atoms with van der Waals surface area (Å²) in [5.74, 6) is -0.127. The van der Waals surface area contributed by atoms with E-state index in [1.54, 1.807) is 0 Å². The van der Waals surface area contributed by atoms with Crippen molar-refractivity contribution in [3.05, 3.63) is 64.7 Å². The van der Waals surface area contributed by atoms with Gasteiger partial charge in [0.2, 0.25) is 0 Å². The van der Waals surface area contributed by atoms with Crippen LogP contribution in [0, 0.1) is 0 Å². The second kappa shape index (κ2) is 5.55. The van der Waals surface area contributed by atoms with Crippen LogP contribution >= 0.6 is 0 Å². The van der Waals surface area contributed by atoms with Gasteiger partial charge in [0.15, 0.2) is 0 Å². The summed E-state index contributed by atoms with van der Waals surface area (Å²) in [5, 5.41) is 9.30. The molecule has 0 saturated heterocycles. The minimum Gasteiger partial charge on any atom is -0.508 e. The molecule has 0 aliphatic heterocycles. The Balaban J connectivity index is 2.47. The van der Waals surface area contributed by atoms with Crippen molar-refractivity contribution in [1.29, 1.82) is 0 Å². The fourth-order valence-corrected chi connectivity index (χ4v) is 2.06. The molecule has 0 aromatic heterocycles. The Morgan fingerprint density at radius 2 is 1.50 bits per heavy atom. The van der Waals surface area contributed by atoms with E-state index in [2.05, 4.69) is 0 Å². The number of aromatic hydroxyl groups is 1. The van der Waals surface area contributed by atoms with E-state index < -0.39 is 23.5 Å². The first-order valence-corrected chi connectivity index (χ1v) is 6.12. The summed E-state index contributed by atoms with van der Waals surface area (Å²) < 4.78 is 76.6. The van der Waals surface area contributed by atoms with Crippen LogP contribution < -0.4 is 0 Å². The number of rotatable bonds is 2. The lowest BCUT2D eigenvalue weighted by Gasteiger charge is -2.16. The first kappa shape index (κ1) is 16.2. The van der Waals surface area contributed by atoms with Gasteiger partial charge in [-0.15, -0.1) is 0 Å². The van der Waals surface area contributed by atoms with Gasteiger partial charge in [-0.25, -0.2) is 0 Å².